The fraction of sp³-hybridized carbons (Fsp3) is 0.333. The van der Waals surface area contributed by atoms with Gasteiger partial charge in [0.05, 0.1) is 11.9 Å². The Hall–Kier alpha value is -1.81. The first-order chi connectivity index (χ1) is 9.52. The summed E-state index contributed by atoms with van der Waals surface area (Å²) in [5, 5.41) is 7.49. The van der Waals surface area contributed by atoms with Gasteiger partial charge in [-0.2, -0.15) is 5.10 Å². The minimum absolute atomic E-state index is 0.0479. The van der Waals surface area contributed by atoms with Crippen molar-refractivity contribution in [2.24, 2.45) is 0 Å². The normalized spacial score (nSPS) is 12.2. The van der Waals surface area contributed by atoms with Crippen molar-refractivity contribution in [2.45, 2.75) is 33.4 Å². The van der Waals surface area contributed by atoms with E-state index in [0.29, 0.717) is 12.2 Å². The molecule has 0 aliphatic rings. The molecule has 0 saturated heterocycles. The van der Waals surface area contributed by atoms with Gasteiger partial charge in [-0.05, 0) is 26.3 Å². The smallest absolute Gasteiger partial charge is 0.287 e. The molecule has 1 N–H and O–H groups in total. The maximum Gasteiger partial charge on any atom is 0.287 e. The lowest BCUT2D eigenvalue weighted by Crippen LogP contribution is -2.23. The van der Waals surface area contributed by atoms with Crippen molar-refractivity contribution in [3.63, 3.8) is 0 Å². The van der Waals surface area contributed by atoms with Gasteiger partial charge in [0.2, 0.25) is 0 Å². The summed E-state index contributed by atoms with van der Waals surface area (Å²) in [7, 11) is 0. The van der Waals surface area contributed by atoms with Crippen LogP contribution in [0.4, 0.5) is 5.69 Å². The van der Waals surface area contributed by atoms with Gasteiger partial charge < -0.3 is 5.32 Å². The molecule has 20 heavy (non-hydrogen) atoms. The van der Waals surface area contributed by atoms with Crippen molar-refractivity contribution >= 4 is 17.3 Å². The number of hydrogen-bond donors (Lipinski definition) is 1. The Kier molecular flexibility index (Phi) is 4.45. The number of halogens is 1. The topological polar surface area (TPSA) is 46.9 Å². The highest BCUT2D eigenvalue weighted by Gasteiger charge is 2.11. The molecule has 0 radical (unpaired) electrons. The molecule has 0 bridgehead atoms. The summed E-state index contributed by atoms with van der Waals surface area (Å²) in [5.41, 5.74) is 2.64. The Morgan fingerprint density at radius 1 is 1.35 bits per heavy atom. The van der Waals surface area contributed by atoms with Gasteiger partial charge in [0.15, 0.2) is 0 Å². The van der Waals surface area contributed by atoms with Gasteiger partial charge >= 0.3 is 0 Å². The molecule has 0 amide bonds. The SMILES string of the molecule is CCn1ncc(NC(C)c2ccc(C)cc2)c(Cl)c1=O. The van der Waals surface area contributed by atoms with Crippen LogP contribution < -0.4 is 10.9 Å². The molecule has 1 atom stereocenters. The first kappa shape index (κ1) is 14.6. The van der Waals surface area contributed by atoms with Crippen LogP contribution in [0.5, 0.6) is 0 Å². The van der Waals surface area contributed by atoms with Crippen molar-refractivity contribution in [1.29, 1.82) is 0 Å². The van der Waals surface area contributed by atoms with Gasteiger partial charge in [-0.3, -0.25) is 4.79 Å². The lowest BCUT2D eigenvalue weighted by Gasteiger charge is -2.17. The number of benzene rings is 1. The summed E-state index contributed by atoms with van der Waals surface area (Å²) >= 11 is 6.10. The van der Waals surface area contributed by atoms with Crippen molar-refractivity contribution in [3.8, 4) is 0 Å². The standard InChI is InChI=1S/C15H18ClN3O/c1-4-19-15(20)14(16)13(9-17-19)18-11(3)12-7-5-10(2)6-8-12/h5-9,11,18H,4H2,1-3H3. The minimum atomic E-state index is -0.268. The van der Waals surface area contributed by atoms with E-state index in [1.54, 1.807) is 6.20 Å². The average Bonchev–Trinajstić information content (AvgIpc) is 2.45. The van der Waals surface area contributed by atoms with E-state index >= 15 is 0 Å². The number of hydrogen-bond acceptors (Lipinski definition) is 3. The zero-order chi connectivity index (χ0) is 14.7. The van der Waals surface area contributed by atoms with Crippen LogP contribution in [0.3, 0.4) is 0 Å². The Balaban J connectivity index is 2.24. The predicted molar refractivity (Wildman–Crippen MR) is 82.4 cm³/mol. The third-order valence-corrected chi connectivity index (χ3v) is 3.60. The molecule has 0 aliphatic heterocycles. The Bertz CT molecular complexity index is 649. The van der Waals surface area contributed by atoms with Crippen LogP contribution in [0.15, 0.2) is 35.3 Å². The third-order valence-electron chi connectivity index (χ3n) is 3.23. The van der Waals surface area contributed by atoms with Crippen LogP contribution in [0.25, 0.3) is 0 Å². The second-order valence-corrected chi connectivity index (χ2v) is 5.15. The molecular weight excluding hydrogens is 274 g/mol. The zero-order valence-corrected chi connectivity index (χ0v) is 12.6. The Labute approximate surface area is 123 Å². The number of nitrogens with one attached hydrogen (secondary N) is 1. The Morgan fingerprint density at radius 2 is 2.00 bits per heavy atom. The molecule has 0 saturated carbocycles. The van der Waals surface area contributed by atoms with Crippen LogP contribution in [0, 0.1) is 6.92 Å². The lowest BCUT2D eigenvalue weighted by atomic mass is 10.1. The summed E-state index contributed by atoms with van der Waals surface area (Å²) < 4.78 is 1.34. The first-order valence-corrected chi connectivity index (χ1v) is 6.99. The van der Waals surface area contributed by atoms with E-state index in [0.717, 1.165) is 5.56 Å². The summed E-state index contributed by atoms with van der Waals surface area (Å²) in [4.78, 5) is 11.9. The molecule has 0 spiro atoms. The quantitative estimate of drug-likeness (QED) is 0.939. The third kappa shape index (κ3) is 3.02. The van der Waals surface area contributed by atoms with E-state index in [4.69, 9.17) is 11.6 Å². The molecule has 1 aromatic heterocycles. The van der Waals surface area contributed by atoms with Gasteiger partial charge in [-0.25, -0.2) is 4.68 Å². The molecule has 106 valence electrons. The fourth-order valence-electron chi connectivity index (χ4n) is 1.96. The highest BCUT2D eigenvalue weighted by molar-refractivity contribution is 6.32. The minimum Gasteiger partial charge on any atom is -0.376 e. The van der Waals surface area contributed by atoms with E-state index in [9.17, 15) is 4.79 Å². The van der Waals surface area contributed by atoms with E-state index in [1.807, 2.05) is 20.8 Å². The van der Waals surface area contributed by atoms with Crippen molar-refractivity contribution in [1.82, 2.24) is 9.78 Å². The van der Waals surface area contributed by atoms with Gasteiger partial charge in [0.1, 0.15) is 5.02 Å². The largest absolute Gasteiger partial charge is 0.376 e. The second kappa shape index (κ2) is 6.09. The molecule has 0 fully saturated rings. The highest BCUT2D eigenvalue weighted by atomic mass is 35.5. The molecule has 2 aromatic rings. The van der Waals surface area contributed by atoms with Crippen molar-refractivity contribution < 1.29 is 0 Å². The van der Waals surface area contributed by atoms with E-state index in [-0.39, 0.29) is 16.6 Å². The zero-order valence-electron chi connectivity index (χ0n) is 11.9. The maximum atomic E-state index is 11.9. The highest BCUT2D eigenvalue weighted by Crippen LogP contribution is 2.22. The second-order valence-electron chi connectivity index (χ2n) is 4.77. The van der Waals surface area contributed by atoms with Crippen LogP contribution in [-0.2, 0) is 6.54 Å². The van der Waals surface area contributed by atoms with Crippen LogP contribution in [0.2, 0.25) is 5.02 Å². The van der Waals surface area contributed by atoms with E-state index in [2.05, 4.69) is 34.7 Å². The van der Waals surface area contributed by atoms with Gasteiger partial charge in [0.25, 0.3) is 5.56 Å². The van der Waals surface area contributed by atoms with Gasteiger partial charge in [0, 0.05) is 12.6 Å². The van der Waals surface area contributed by atoms with Gasteiger partial charge in [-0.15, -0.1) is 0 Å². The molecular formula is C15H18ClN3O. The molecule has 5 heteroatoms. The summed E-state index contributed by atoms with van der Waals surface area (Å²) in [6.07, 6.45) is 1.60. The molecule has 1 heterocycles. The molecule has 0 aliphatic carbocycles. The monoisotopic (exact) mass is 291 g/mol. The van der Waals surface area contributed by atoms with E-state index in [1.165, 1.54) is 10.2 Å². The summed E-state index contributed by atoms with van der Waals surface area (Å²) in [6, 6.07) is 8.28. The number of anilines is 1. The fourth-order valence-corrected chi connectivity index (χ4v) is 2.16. The maximum absolute atomic E-state index is 11.9. The number of aromatic nitrogens is 2. The summed E-state index contributed by atoms with van der Waals surface area (Å²) in [5.74, 6) is 0. The predicted octanol–water partition coefficient (Wildman–Crippen LogP) is 3.40. The molecule has 1 unspecified atom stereocenters. The average molecular weight is 292 g/mol. The molecule has 4 nitrogen and oxygen atoms in total. The Morgan fingerprint density at radius 3 is 2.60 bits per heavy atom. The van der Waals surface area contributed by atoms with Crippen molar-refractivity contribution in [2.75, 3.05) is 5.32 Å². The van der Waals surface area contributed by atoms with Crippen molar-refractivity contribution in [3.05, 3.63) is 57.0 Å². The number of rotatable bonds is 4. The lowest BCUT2D eigenvalue weighted by molar-refractivity contribution is 0.615. The van der Waals surface area contributed by atoms with Crippen LogP contribution in [-0.4, -0.2) is 9.78 Å². The molecule has 1 aromatic carbocycles. The van der Waals surface area contributed by atoms with Gasteiger partial charge in [-0.1, -0.05) is 41.4 Å². The van der Waals surface area contributed by atoms with Crippen LogP contribution in [0.1, 0.15) is 31.0 Å². The number of nitrogens with zero attached hydrogens (tertiary/aromatic N) is 2. The first-order valence-electron chi connectivity index (χ1n) is 6.61. The molecule has 2 rings (SSSR count). The van der Waals surface area contributed by atoms with Crippen LogP contribution >= 0.6 is 11.6 Å². The number of aryl methyl sites for hydroxylation is 2. The summed E-state index contributed by atoms with van der Waals surface area (Å²) in [6.45, 7) is 6.43. The van der Waals surface area contributed by atoms with E-state index < -0.39 is 0 Å².